The van der Waals surface area contributed by atoms with Crippen molar-refractivity contribution in [1.29, 1.82) is 0 Å². The van der Waals surface area contributed by atoms with Crippen LogP contribution in [0.3, 0.4) is 0 Å². The number of benzene rings is 1. The van der Waals surface area contributed by atoms with E-state index < -0.39 is 0 Å². The van der Waals surface area contributed by atoms with Crippen LogP contribution in [0.1, 0.15) is 19.4 Å². The summed E-state index contributed by atoms with van der Waals surface area (Å²) in [6.45, 7) is 8.21. The molecule has 0 radical (unpaired) electrons. The lowest BCUT2D eigenvalue weighted by molar-refractivity contribution is -0.122. The van der Waals surface area contributed by atoms with E-state index in [0.29, 0.717) is 12.3 Å². The number of amides is 1. The van der Waals surface area contributed by atoms with Crippen molar-refractivity contribution in [3.05, 3.63) is 42.0 Å². The minimum Gasteiger partial charge on any atom is -0.484 e. The largest absolute Gasteiger partial charge is 0.484 e. The summed E-state index contributed by atoms with van der Waals surface area (Å²) in [6, 6.07) is 7.76. The van der Waals surface area contributed by atoms with Crippen LogP contribution in [-0.4, -0.2) is 19.1 Å². The van der Waals surface area contributed by atoms with Gasteiger partial charge >= 0.3 is 0 Å². The summed E-state index contributed by atoms with van der Waals surface area (Å²) in [5.41, 5.74) is 2.18. The van der Waals surface area contributed by atoms with Crippen molar-refractivity contribution >= 4 is 5.91 Å². The second-order valence-electron chi connectivity index (χ2n) is 4.02. The second kappa shape index (κ2) is 6.74. The van der Waals surface area contributed by atoms with Gasteiger partial charge in [0.05, 0.1) is 0 Å². The normalized spacial score (nSPS) is 9.76. The lowest BCUT2D eigenvalue weighted by atomic mass is 10.2. The molecule has 92 valence electrons. The Hall–Kier alpha value is -1.77. The number of hydrogen-bond donors (Lipinski definition) is 1. The fourth-order valence-corrected chi connectivity index (χ4v) is 1.27. The summed E-state index contributed by atoms with van der Waals surface area (Å²) >= 11 is 0. The predicted molar refractivity (Wildman–Crippen MR) is 69.1 cm³/mol. The van der Waals surface area contributed by atoms with E-state index in [0.717, 1.165) is 12.0 Å². The topological polar surface area (TPSA) is 38.3 Å². The predicted octanol–water partition coefficient (Wildman–Crippen LogP) is 2.32. The highest BCUT2D eigenvalue weighted by atomic mass is 16.5. The molecule has 0 bridgehead atoms. The number of hydrogen-bond acceptors (Lipinski definition) is 2. The van der Waals surface area contributed by atoms with Gasteiger partial charge in [0, 0.05) is 6.54 Å². The number of nitrogens with one attached hydrogen (secondary N) is 1. The molecule has 0 atom stereocenters. The highest BCUT2D eigenvalue weighted by Gasteiger charge is 2.01. The van der Waals surface area contributed by atoms with Gasteiger partial charge in [0.2, 0.25) is 0 Å². The Labute approximate surface area is 102 Å². The molecule has 17 heavy (non-hydrogen) atoms. The zero-order chi connectivity index (χ0) is 12.7. The molecule has 0 spiro atoms. The summed E-state index contributed by atoms with van der Waals surface area (Å²) in [4.78, 5) is 11.4. The number of carbonyl (C=O) groups is 1. The molecule has 1 aromatic rings. The van der Waals surface area contributed by atoms with Crippen LogP contribution in [0.2, 0.25) is 0 Å². The van der Waals surface area contributed by atoms with Gasteiger partial charge in [0.15, 0.2) is 6.61 Å². The van der Waals surface area contributed by atoms with Crippen LogP contribution in [0.5, 0.6) is 5.75 Å². The smallest absolute Gasteiger partial charge is 0.258 e. The molecular weight excluding hydrogens is 214 g/mol. The fraction of sp³-hybridized carbons (Fsp3) is 0.357. The molecule has 3 heteroatoms. The third kappa shape index (κ3) is 5.20. The third-order valence-corrected chi connectivity index (χ3v) is 2.29. The molecule has 0 saturated carbocycles. The molecule has 0 fully saturated rings. The van der Waals surface area contributed by atoms with Gasteiger partial charge in [-0.05, 0) is 31.0 Å². The summed E-state index contributed by atoms with van der Waals surface area (Å²) in [6.07, 6.45) is 0.999. The van der Waals surface area contributed by atoms with Crippen molar-refractivity contribution in [2.75, 3.05) is 13.2 Å². The SMILES string of the molecule is C=C(C)CNC(=O)COc1ccc(CC)cc1. The van der Waals surface area contributed by atoms with E-state index >= 15 is 0 Å². The molecule has 0 aliphatic heterocycles. The number of carbonyl (C=O) groups excluding carboxylic acids is 1. The maximum absolute atomic E-state index is 11.4. The molecule has 1 N–H and O–H groups in total. The van der Waals surface area contributed by atoms with Crippen molar-refractivity contribution in [1.82, 2.24) is 5.32 Å². The molecule has 1 aromatic carbocycles. The molecule has 0 aliphatic rings. The van der Waals surface area contributed by atoms with Crippen LogP contribution in [-0.2, 0) is 11.2 Å². The van der Waals surface area contributed by atoms with Crippen molar-refractivity contribution in [2.24, 2.45) is 0 Å². The maximum Gasteiger partial charge on any atom is 0.258 e. The van der Waals surface area contributed by atoms with Gasteiger partial charge in [0.25, 0.3) is 5.91 Å². The van der Waals surface area contributed by atoms with E-state index in [1.165, 1.54) is 5.56 Å². The van der Waals surface area contributed by atoms with Gasteiger partial charge in [-0.3, -0.25) is 4.79 Å². The highest BCUT2D eigenvalue weighted by Crippen LogP contribution is 2.12. The molecule has 1 rings (SSSR count). The van der Waals surface area contributed by atoms with Gasteiger partial charge in [-0.1, -0.05) is 31.2 Å². The van der Waals surface area contributed by atoms with Crippen LogP contribution >= 0.6 is 0 Å². The molecule has 0 aromatic heterocycles. The summed E-state index contributed by atoms with van der Waals surface area (Å²) in [7, 11) is 0. The summed E-state index contributed by atoms with van der Waals surface area (Å²) in [5.74, 6) is 0.584. The first kappa shape index (κ1) is 13.3. The van der Waals surface area contributed by atoms with Crippen LogP contribution in [0.15, 0.2) is 36.4 Å². The Morgan fingerprint density at radius 1 is 1.35 bits per heavy atom. The maximum atomic E-state index is 11.4. The Balaban J connectivity index is 2.34. The lowest BCUT2D eigenvalue weighted by Gasteiger charge is -2.07. The Kier molecular flexibility index (Phi) is 5.27. The first-order valence-electron chi connectivity index (χ1n) is 5.74. The molecule has 0 aliphatic carbocycles. The van der Waals surface area contributed by atoms with Crippen molar-refractivity contribution in [3.8, 4) is 5.75 Å². The zero-order valence-corrected chi connectivity index (χ0v) is 10.5. The average Bonchev–Trinajstić information content (AvgIpc) is 2.34. The van der Waals surface area contributed by atoms with Crippen molar-refractivity contribution < 1.29 is 9.53 Å². The molecule has 1 amide bonds. The first-order valence-corrected chi connectivity index (χ1v) is 5.74. The molecular formula is C14H19NO2. The van der Waals surface area contributed by atoms with E-state index in [2.05, 4.69) is 18.8 Å². The lowest BCUT2D eigenvalue weighted by Crippen LogP contribution is -2.29. The fourth-order valence-electron chi connectivity index (χ4n) is 1.27. The molecule has 0 saturated heterocycles. The second-order valence-corrected chi connectivity index (χ2v) is 4.02. The van der Waals surface area contributed by atoms with Crippen molar-refractivity contribution in [2.45, 2.75) is 20.3 Å². The zero-order valence-electron chi connectivity index (χ0n) is 10.5. The van der Waals surface area contributed by atoms with Gasteiger partial charge in [-0.2, -0.15) is 0 Å². The van der Waals surface area contributed by atoms with Crippen LogP contribution in [0.4, 0.5) is 0 Å². The third-order valence-electron chi connectivity index (χ3n) is 2.29. The summed E-state index contributed by atoms with van der Waals surface area (Å²) in [5, 5.41) is 2.71. The van der Waals surface area contributed by atoms with Crippen LogP contribution in [0, 0.1) is 0 Å². The van der Waals surface area contributed by atoms with E-state index in [-0.39, 0.29) is 12.5 Å². The highest BCUT2D eigenvalue weighted by molar-refractivity contribution is 5.77. The summed E-state index contributed by atoms with van der Waals surface area (Å²) < 4.78 is 5.36. The van der Waals surface area contributed by atoms with Gasteiger partial charge in [0.1, 0.15) is 5.75 Å². The number of rotatable bonds is 6. The quantitative estimate of drug-likeness (QED) is 0.766. The monoisotopic (exact) mass is 233 g/mol. The van der Waals surface area contributed by atoms with Gasteiger partial charge in [-0.25, -0.2) is 0 Å². The molecule has 0 heterocycles. The minimum atomic E-state index is -0.132. The van der Waals surface area contributed by atoms with Gasteiger partial charge < -0.3 is 10.1 Å². The van der Waals surface area contributed by atoms with E-state index in [9.17, 15) is 4.79 Å². The average molecular weight is 233 g/mol. The molecule has 3 nitrogen and oxygen atoms in total. The van der Waals surface area contributed by atoms with E-state index in [1.54, 1.807) is 0 Å². The van der Waals surface area contributed by atoms with Crippen molar-refractivity contribution in [3.63, 3.8) is 0 Å². The van der Waals surface area contributed by atoms with Gasteiger partial charge in [-0.15, -0.1) is 0 Å². The first-order chi connectivity index (χ1) is 8.11. The Bertz CT molecular complexity index is 382. The number of ether oxygens (including phenoxy) is 1. The standard InChI is InChI=1S/C14H19NO2/c1-4-12-5-7-13(8-6-12)17-10-14(16)15-9-11(2)3/h5-8H,2,4,9-10H2,1,3H3,(H,15,16). The molecule has 0 unspecified atom stereocenters. The van der Waals surface area contributed by atoms with E-state index in [1.807, 2.05) is 31.2 Å². The minimum absolute atomic E-state index is 0.0404. The Morgan fingerprint density at radius 2 is 2.00 bits per heavy atom. The number of aryl methyl sites for hydroxylation is 1. The van der Waals surface area contributed by atoms with Crippen LogP contribution < -0.4 is 10.1 Å². The Morgan fingerprint density at radius 3 is 2.53 bits per heavy atom. The van der Waals surface area contributed by atoms with Crippen LogP contribution in [0.25, 0.3) is 0 Å². The van der Waals surface area contributed by atoms with E-state index in [4.69, 9.17) is 4.74 Å².